The van der Waals surface area contributed by atoms with Crippen LogP contribution in [0.3, 0.4) is 0 Å². The highest BCUT2D eigenvalue weighted by molar-refractivity contribution is 5.82. The Morgan fingerprint density at radius 1 is 1.29 bits per heavy atom. The fraction of sp³-hybridized carbons (Fsp3) is 0. The molecule has 14 heavy (non-hydrogen) atoms. The lowest BCUT2D eigenvalue weighted by Crippen LogP contribution is -2.25. The average Bonchev–Trinajstić information content (AvgIpc) is 2.19. The second-order valence-corrected chi connectivity index (χ2v) is 2.78. The van der Waals surface area contributed by atoms with Gasteiger partial charge in [-0.1, -0.05) is 24.3 Å². The molecule has 0 saturated heterocycles. The van der Waals surface area contributed by atoms with E-state index in [2.05, 4.69) is 10.0 Å². The molecule has 0 saturated carbocycles. The van der Waals surface area contributed by atoms with Crippen LogP contribution in [0.5, 0.6) is 0 Å². The quantitative estimate of drug-likeness (QED) is 0.221. The van der Waals surface area contributed by atoms with Gasteiger partial charge in [0.1, 0.15) is 6.20 Å². The molecule has 0 amide bonds. The van der Waals surface area contributed by atoms with Gasteiger partial charge in [-0.05, 0) is 5.39 Å². The number of azide groups is 1. The first-order chi connectivity index (χ1) is 6.81. The molecule has 0 fully saturated rings. The monoisotopic (exact) mass is 186 g/mol. The molecule has 2 aromatic rings. The number of pyridine rings is 1. The van der Waals surface area contributed by atoms with Gasteiger partial charge in [0, 0.05) is 17.0 Å². The van der Waals surface area contributed by atoms with E-state index in [-0.39, 0.29) is 5.82 Å². The molecule has 0 aliphatic heterocycles. The summed E-state index contributed by atoms with van der Waals surface area (Å²) in [5, 5.41) is 16.3. The lowest BCUT2D eigenvalue weighted by atomic mass is 10.2. The highest BCUT2D eigenvalue weighted by Gasteiger charge is 2.10. The van der Waals surface area contributed by atoms with Crippen molar-refractivity contribution in [3.05, 3.63) is 52.2 Å². The molecular weight excluding hydrogens is 180 g/mol. The number of aromatic nitrogens is 1. The van der Waals surface area contributed by atoms with Gasteiger partial charge in [0.15, 0.2) is 0 Å². The Balaban J connectivity index is 2.76. The van der Waals surface area contributed by atoms with Crippen molar-refractivity contribution in [2.45, 2.75) is 0 Å². The van der Waals surface area contributed by atoms with Crippen molar-refractivity contribution >= 4 is 16.6 Å². The highest BCUT2D eigenvalue weighted by Crippen LogP contribution is 2.16. The second kappa shape index (κ2) is 3.24. The van der Waals surface area contributed by atoms with Crippen LogP contribution in [0.2, 0.25) is 0 Å². The van der Waals surface area contributed by atoms with Crippen molar-refractivity contribution < 1.29 is 4.73 Å². The Labute approximate surface area is 79.4 Å². The summed E-state index contributed by atoms with van der Waals surface area (Å²) in [5.41, 5.74) is 8.22. The third-order valence-corrected chi connectivity index (χ3v) is 1.91. The number of hydrogen-bond acceptors (Lipinski definition) is 2. The third kappa shape index (κ3) is 1.32. The molecule has 68 valence electrons. The minimum Gasteiger partial charge on any atom is -0.710 e. The molecule has 0 atom stereocenters. The van der Waals surface area contributed by atoms with E-state index >= 15 is 0 Å². The van der Waals surface area contributed by atoms with E-state index in [0.29, 0.717) is 4.73 Å². The fourth-order valence-electron chi connectivity index (χ4n) is 1.27. The van der Waals surface area contributed by atoms with Crippen molar-refractivity contribution in [2.24, 2.45) is 5.11 Å². The molecule has 0 radical (unpaired) electrons. The Morgan fingerprint density at radius 3 is 2.71 bits per heavy atom. The predicted molar refractivity (Wildman–Crippen MR) is 51.7 cm³/mol. The summed E-state index contributed by atoms with van der Waals surface area (Å²) in [5.74, 6) is 0.0613. The maximum absolute atomic E-state index is 11.3. The van der Waals surface area contributed by atoms with E-state index in [1.807, 2.05) is 24.3 Å². The number of rotatable bonds is 1. The van der Waals surface area contributed by atoms with E-state index in [4.69, 9.17) is 5.53 Å². The Kier molecular flexibility index (Phi) is 1.93. The van der Waals surface area contributed by atoms with Gasteiger partial charge >= 0.3 is 10.9 Å². The number of hydrogen-bond donors (Lipinski definition) is 0. The normalized spacial score (nSPS) is 9.71. The summed E-state index contributed by atoms with van der Waals surface area (Å²) < 4.78 is 0.558. The Morgan fingerprint density at radius 2 is 2.00 bits per heavy atom. The molecule has 0 bridgehead atoms. The lowest BCUT2D eigenvalue weighted by molar-refractivity contribution is -0.590. The van der Waals surface area contributed by atoms with Crippen LogP contribution >= 0.6 is 0 Å². The molecule has 0 aliphatic carbocycles. The van der Waals surface area contributed by atoms with Gasteiger partial charge in [0.25, 0.3) is 0 Å². The summed E-state index contributed by atoms with van der Waals surface area (Å²) in [6, 6.07) is 8.93. The lowest BCUT2D eigenvalue weighted by Gasteiger charge is -2.02. The van der Waals surface area contributed by atoms with Gasteiger partial charge in [-0.2, -0.15) is 0 Å². The molecule has 0 unspecified atom stereocenters. The van der Waals surface area contributed by atoms with Crippen LogP contribution in [0.4, 0.5) is 5.82 Å². The molecule has 5 heteroatoms. The maximum atomic E-state index is 11.3. The van der Waals surface area contributed by atoms with Crippen molar-refractivity contribution in [3.63, 3.8) is 0 Å². The highest BCUT2D eigenvalue weighted by atomic mass is 16.5. The minimum atomic E-state index is 0.0613. The summed E-state index contributed by atoms with van der Waals surface area (Å²) >= 11 is 0. The Hall–Kier alpha value is -2.26. The summed E-state index contributed by atoms with van der Waals surface area (Å²) in [7, 11) is 0. The molecular formula is C9H6N4O. The van der Waals surface area contributed by atoms with Gasteiger partial charge in [0.2, 0.25) is 4.91 Å². The summed E-state index contributed by atoms with van der Waals surface area (Å²) in [6.07, 6.45) is 1.39. The predicted octanol–water partition coefficient (Wildman–Crippen LogP) is 2.42. The molecule has 1 heterocycles. The van der Waals surface area contributed by atoms with Crippen LogP contribution in [-0.2, 0) is 0 Å². The summed E-state index contributed by atoms with van der Waals surface area (Å²) in [4.78, 5) is 2.58. The molecule has 0 aliphatic rings. The van der Waals surface area contributed by atoms with Crippen LogP contribution in [0.25, 0.3) is 21.2 Å². The zero-order valence-corrected chi connectivity index (χ0v) is 7.16. The largest absolute Gasteiger partial charge is 0.710 e. The molecule has 1 aromatic carbocycles. The van der Waals surface area contributed by atoms with E-state index in [1.165, 1.54) is 6.20 Å². The van der Waals surface area contributed by atoms with Gasteiger partial charge in [-0.25, -0.2) is 4.73 Å². The van der Waals surface area contributed by atoms with Crippen molar-refractivity contribution in [3.8, 4) is 0 Å². The first kappa shape index (κ1) is 8.34. The van der Waals surface area contributed by atoms with Crippen LogP contribution in [0, 0.1) is 5.21 Å². The molecule has 0 N–H and O–H groups in total. The molecule has 0 spiro atoms. The zero-order valence-electron chi connectivity index (χ0n) is 7.16. The molecule has 1 aromatic heterocycles. The van der Waals surface area contributed by atoms with Crippen molar-refractivity contribution in [1.29, 1.82) is 0 Å². The number of nitrogens with zero attached hydrogens (tertiary/aromatic N) is 4. The van der Waals surface area contributed by atoms with Crippen LogP contribution in [-0.4, -0.2) is 0 Å². The van der Waals surface area contributed by atoms with E-state index in [0.717, 1.165) is 10.8 Å². The SMILES string of the molecule is [N-]=[N+]=Nc1cc2ccccc2c[n+]1[O-]. The number of fused-ring (bicyclic) bond motifs is 1. The molecule has 5 nitrogen and oxygen atoms in total. The van der Waals surface area contributed by atoms with Crippen molar-refractivity contribution in [1.82, 2.24) is 0 Å². The van der Waals surface area contributed by atoms with Crippen LogP contribution in [0.1, 0.15) is 0 Å². The van der Waals surface area contributed by atoms with Gasteiger partial charge in [-0.15, -0.1) is 0 Å². The van der Waals surface area contributed by atoms with Crippen LogP contribution in [0.15, 0.2) is 41.6 Å². The minimum absolute atomic E-state index is 0.0613. The van der Waals surface area contributed by atoms with E-state index in [1.54, 1.807) is 6.07 Å². The van der Waals surface area contributed by atoms with Gasteiger partial charge < -0.3 is 5.21 Å². The first-order valence-electron chi connectivity index (χ1n) is 3.98. The van der Waals surface area contributed by atoms with Gasteiger partial charge in [-0.3, -0.25) is 0 Å². The topological polar surface area (TPSA) is 75.7 Å². The average molecular weight is 186 g/mol. The summed E-state index contributed by atoms with van der Waals surface area (Å²) in [6.45, 7) is 0. The van der Waals surface area contributed by atoms with E-state index < -0.39 is 0 Å². The first-order valence-corrected chi connectivity index (χ1v) is 3.98. The maximum Gasteiger partial charge on any atom is 0.420 e. The standard InChI is InChI=1S/C9H6N4O/c10-12-11-9-5-7-3-1-2-4-8(7)6-13(9)14/h1-6H. The fourth-order valence-corrected chi connectivity index (χ4v) is 1.27. The Bertz CT molecular complexity index is 531. The zero-order chi connectivity index (χ0) is 9.97. The smallest absolute Gasteiger partial charge is 0.420 e. The van der Waals surface area contributed by atoms with Gasteiger partial charge in [0.05, 0.1) is 0 Å². The van der Waals surface area contributed by atoms with Crippen molar-refractivity contribution in [2.75, 3.05) is 0 Å². The number of benzene rings is 1. The van der Waals surface area contributed by atoms with E-state index in [9.17, 15) is 5.21 Å². The molecule has 2 rings (SSSR count). The third-order valence-electron chi connectivity index (χ3n) is 1.91. The second-order valence-electron chi connectivity index (χ2n) is 2.78. The van der Waals surface area contributed by atoms with Crippen LogP contribution < -0.4 is 4.73 Å².